The topological polar surface area (TPSA) is 35.5 Å². The monoisotopic (exact) mass is 242 g/mol. The van der Waals surface area contributed by atoms with E-state index in [9.17, 15) is 13.4 Å². The molecule has 0 aromatic heterocycles. The molecule has 17 heavy (non-hydrogen) atoms. The van der Waals surface area contributed by atoms with Crippen molar-refractivity contribution >= 4 is 13.3 Å². The summed E-state index contributed by atoms with van der Waals surface area (Å²) in [4.78, 5) is 11.0. The minimum absolute atomic E-state index is 0.0727. The van der Waals surface area contributed by atoms with E-state index in [4.69, 9.17) is 4.74 Å². The molecule has 6 heteroatoms. The van der Waals surface area contributed by atoms with Crippen molar-refractivity contribution in [2.24, 2.45) is 0 Å². The Morgan fingerprint density at radius 2 is 1.94 bits per heavy atom. The van der Waals surface area contributed by atoms with Gasteiger partial charge in [0.15, 0.2) is 0 Å². The fraction of sp³-hybridized carbons (Fsp3) is 0.364. The van der Waals surface area contributed by atoms with Crippen LogP contribution in [0.25, 0.3) is 0 Å². The fourth-order valence-corrected chi connectivity index (χ4v) is 1.45. The Labute approximate surface area is 98.9 Å². The molecule has 1 unspecified atom stereocenters. The highest BCUT2D eigenvalue weighted by Crippen LogP contribution is 2.25. The van der Waals surface area contributed by atoms with Gasteiger partial charge in [0.25, 0.3) is 0 Å². The van der Waals surface area contributed by atoms with Crippen LogP contribution in [0.3, 0.4) is 0 Å². The van der Waals surface area contributed by atoms with E-state index in [1.54, 1.807) is 24.3 Å². The van der Waals surface area contributed by atoms with Crippen LogP contribution in [0.15, 0.2) is 24.3 Å². The molecule has 0 saturated carbocycles. The lowest BCUT2D eigenvalue weighted by Gasteiger charge is -2.16. The van der Waals surface area contributed by atoms with Gasteiger partial charge in [0.2, 0.25) is 0 Å². The standard InChI is InChI=1S/C11H13BF2O3/c1-8(15)7-11(17-12(13)14)9-3-5-10(16-2)6-4-9/h3-6,11H,7H2,1-2H3. The summed E-state index contributed by atoms with van der Waals surface area (Å²) >= 11 is 0. The van der Waals surface area contributed by atoms with Crippen LogP contribution in [-0.4, -0.2) is 20.4 Å². The van der Waals surface area contributed by atoms with Gasteiger partial charge in [-0.25, -0.2) is 0 Å². The number of carbonyl (C=O) groups is 1. The van der Waals surface area contributed by atoms with E-state index in [2.05, 4.69) is 4.65 Å². The zero-order chi connectivity index (χ0) is 12.8. The number of ether oxygens (including phenoxy) is 1. The summed E-state index contributed by atoms with van der Waals surface area (Å²) < 4.78 is 33.8. The minimum atomic E-state index is -2.90. The van der Waals surface area contributed by atoms with Gasteiger partial charge in [-0.1, -0.05) is 12.1 Å². The summed E-state index contributed by atoms with van der Waals surface area (Å²) in [5.41, 5.74) is 0.529. The van der Waals surface area contributed by atoms with Crippen LogP contribution in [-0.2, 0) is 9.45 Å². The number of halogens is 2. The smallest absolute Gasteiger partial charge is 0.497 e. The Morgan fingerprint density at radius 1 is 1.35 bits per heavy atom. The van der Waals surface area contributed by atoms with Crippen LogP contribution < -0.4 is 4.74 Å². The third-order valence-electron chi connectivity index (χ3n) is 2.23. The third-order valence-corrected chi connectivity index (χ3v) is 2.23. The predicted molar refractivity (Wildman–Crippen MR) is 60.1 cm³/mol. The van der Waals surface area contributed by atoms with E-state index in [1.807, 2.05) is 0 Å². The van der Waals surface area contributed by atoms with Gasteiger partial charge >= 0.3 is 7.47 Å². The average Bonchev–Trinajstić information content (AvgIpc) is 2.27. The second-order valence-electron chi connectivity index (χ2n) is 3.56. The lowest BCUT2D eigenvalue weighted by molar-refractivity contribution is -0.118. The molecule has 0 aliphatic heterocycles. The largest absolute Gasteiger partial charge is 0.721 e. The first-order chi connectivity index (χ1) is 8.02. The molecule has 0 heterocycles. The molecule has 0 fully saturated rings. The van der Waals surface area contributed by atoms with Crippen LogP contribution in [0.5, 0.6) is 5.75 Å². The molecule has 3 nitrogen and oxygen atoms in total. The Bertz CT molecular complexity index is 367. The maximum atomic E-state index is 12.2. The number of methoxy groups -OCH3 is 1. The van der Waals surface area contributed by atoms with Crippen molar-refractivity contribution < 1.29 is 22.8 Å². The molecule has 0 spiro atoms. The first-order valence-corrected chi connectivity index (χ1v) is 5.10. The van der Waals surface area contributed by atoms with E-state index in [1.165, 1.54) is 14.0 Å². The average molecular weight is 242 g/mol. The van der Waals surface area contributed by atoms with Crippen molar-refractivity contribution in [3.63, 3.8) is 0 Å². The summed E-state index contributed by atoms with van der Waals surface area (Å²) in [6.45, 7) is 1.34. The van der Waals surface area contributed by atoms with Crippen LogP contribution in [0, 0.1) is 0 Å². The van der Waals surface area contributed by atoms with Crippen molar-refractivity contribution in [2.75, 3.05) is 7.11 Å². The maximum Gasteiger partial charge on any atom is 0.721 e. The van der Waals surface area contributed by atoms with Crippen LogP contribution in [0.4, 0.5) is 8.63 Å². The molecule has 0 aliphatic carbocycles. The number of benzene rings is 1. The highest BCUT2D eigenvalue weighted by molar-refractivity contribution is 6.34. The molecule has 1 aromatic carbocycles. The number of Topliss-reactive ketones (excluding diaryl/α,β-unsaturated/α-hetero) is 1. The van der Waals surface area contributed by atoms with E-state index in [0.29, 0.717) is 11.3 Å². The van der Waals surface area contributed by atoms with Crippen molar-refractivity contribution in [2.45, 2.75) is 19.4 Å². The number of hydrogen-bond donors (Lipinski definition) is 0. The predicted octanol–water partition coefficient (Wildman–Crippen LogP) is 2.66. The summed E-state index contributed by atoms with van der Waals surface area (Å²) in [6, 6.07) is 6.48. The lowest BCUT2D eigenvalue weighted by atomic mass is 10.0. The summed E-state index contributed by atoms with van der Waals surface area (Å²) in [5, 5.41) is 0. The minimum Gasteiger partial charge on any atom is -0.497 e. The van der Waals surface area contributed by atoms with Crippen molar-refractivity contribution in [3.8, 4) is 5.75 Å². The van der Waals surface area contributed by atoms with Gasteiger partial charge in [0, 0.05) is 6.42 Å². The van der Waals surface area contributed by atoms with Crippen molar-refractivity contribution in [3.05, 3.63) is 29.8 Å². The maximum absolute atomic E-state index is 12.2. The third kappa shape index (κ3) is 4.52. The van der Waals surface area contributed by atoms with E-state index in [0.717, 1.165) is 0 Å². The Balaban J connectivity index is 2.83. The molecular formula is C11H13BF2O3. The molecule has 1 atom stereocenters. The van der Waals surface area contributed by atoms with Crippen molar-refractivity contribution in [1.82, 2.24) is 0 Å². The van der Waals surface area contributed by atoms with E-state index >= 15 is 0 Å². The van der Waals surface area contributed by atoms with Gasteiger partial charge in [-0.15, -0.1) is 0 Å². The number of hydrogen-bond acceptors (Lipinski definition) is 3. The Morgan fingerprint density at radius 3 is 2.35 bits per heavy atom. The first kappa shape index (κ1) is 13.6. The molecule has 0 amide bonds. The van der Waals surface area contributed by atoms with Gasteiger partial charge in [0.05, 0.1) is 13.2 Å². The number of carbonyl (C=O) groups excluding carboxylic acids is 1. The van der Waals surface area contributed by atoms with Crippen LogP contribution in [0.2, 0.25) is 0 Å². The molecule has 1 rings (SSSR count). The molecule has 0 saturated heterocycles. The number of ketones is 1. The van der Waals surface area contributed by atoms with Gasteiger partial charge in [0.1, 0.15) is 11.5 Å². The van der Waals surface area contributed by atoms with Crippen molar-refractivity contribution in [1.29, 1.82) is 0 Å². The van der Waals surface area contributed by atoms with Gasteiger partial charge in [-0.3, -0.25) is 13.4 Å². The highest BCUT2D eigenvalue weighted by atomic mass is 19.2. The zero-order valence-electron chi connectivity index (χ0n) is 9.65. The first-order valence-electron chi connectivity index (χ1n) is 5.10. The van der Waals surface area contributed by atoms with Crippen LogP contribution >= 0.6 is 0 Å². The molecule has 0 bridgehead atoms. The van der Waals surface area contributed by atoms with Gasteiger partial charge in [-0.2, -0.15) is 0 Å². The highest BCUT2D eigenvalue weighted by Gasteiger charge is 2.24. The second kappa shape index (κ2) is 6.34. The molecule has 1 aromatic rings. The zero-order valence-corrected chi connectivity index (χ0v) is 9.65. The van der Waals surface area contributed by atoms with E-state index in [-0.39, 0.29) is 12.2 Å². The molecule has 92 valence electrons. The Hall–Kier alpha value is -1.43. The SMILES string of the molecule is COc1ccc(C(CC(C)=O)OB(F)F)cc1. The summed E-state index contributed by atoms with van der Waals surface area (Å²) in [7, 11) is -1.39. The lowest BCUT2D eigenvalue weighted by Crippen LogP contribution is -2.15. The Kier molecular flexibility index (Phi) is 5.09. The number of rotatable bonds is 6. The summed E-state index contributed by atoms with van der Waals surface area (Å²) in [6.07, 6.45) is -0.991. The normalized spacial score (nSPS) is 12.0. The van der Waals surface area contributed by atoms with Crippen LogP contribution in [0.1, 0.15) is 25.0 Å². The fourth-order valence-electron chi connectivity index (χ4n) is 1.45. The molecule has 0 N–H and O–H groups in total. The summed E-state index contributed by atoms with van der Waals surface area (Å²) in [5.74, 6) is 0.416. The molecule has 0 radical (unpaired) electrons. The quantitative estimate of drug-likeness (QED) is 0.719. The van der Waals surface area contributed by atoms with E-state index < -0.39 is 13.6 Å². The van der Waals surface area contributed by atoms with Gasteiger partial charge in [-0.05, 0) is 24.6 Å². The molecule has 0 aliphatic rings. The second-order valence-corrected chi connectivity index (χ2v) is 3.56. The van der Waals surface area contributed by atoms with Gasteiger partial charge < -0.3 is 9.39 Å². The molecular weight excluding hydrogens is 229 g/mol.